The number of nitrogens with one attached hydrogen (secondary N) is 3. The molecule has 1 atom stereocenters. The summed E-state index contributed by atoms with van der Waals surface area (Å²) in [5, 5.41) is 13.0. The number of benzene rings is 1. The zero-order valence-corrected chi connectivity index (χ0v) is 18.2. The Morgan fingerprint density at radius 1 is 1.39 bits per heavy atom. The van der Waals surface area contributed by atoms with Gasteiger partial charge in [0.2, 0.25) is 5.91 Å². The van der Waals surface area contributed by atoms with E-state index < -0.39 is 6.04 Å². The summed E-state index contributed by atoms with van der Waals surface area (Å²) < 4.78 is 2.44. The number of halogens is 1. The second-order valence-corrected chi connectivity index (χ2v) is 7.80. The van der Waals surface area contributed by atoms with Crippen LogP contribution in [-0.4, -0.2) is 51.2 Å². The lowest BCUT2D eigenvalue weighted by Gasteiger charge is -2.18. The van der Waals surface area contributed by atoms with Crippen molar-refractivity contribution in [2.45, 2.75) is 32.4 Å². The molecule has 28 heavy (non-hydrogen) atoms. The van der Waals surface area contributed by atoms with Crippen LogP contribution in [0.15, 0.2) is 24.3 Å². The van der Waals surface area contributed by atoms with E-state index in [0.717, 1.165) is 11.6 Å². The predicted octanol–water partition coefficient (Wildman–Crippen LogP) is 2.82. The van der Waals surface area contributed by atoms with Gasteiger partial charge in [-0.1, -0.05) is 23.7 Å². The first kappa shape index (κ1) is 22.4. The molecule has 2 amide bonds. The molecule has 1 aromatic heterocycles. The third-order valence-electron chi connectivity index (χ3n) is 4.15. The Morgan fingerprint density at radius 3 is 2.82 bits per heavy atom. The molecule has 0 fully saturated rings. The van der Waals surface area contributed by atoms with Gasteiger partial charge in [-0.25, -0.2) is 0 Å². The number of carbonyl (C=O) groups is 2. The first-order chi connectivity index (χ1) is 13.5. The lowest BCUT2D eigenvalue weighted by atomic mass is 10.1. The minimum Gasteiger partial charge on any atom is -0.354 e. The van der Waals surface area contributed by atoms with Crippen LogP contribution in [0.4, 0.5) is 0 Å². The summed E-state index contributed by atoms with van der Waals surface area (Å²) in [6.07, 6.45) is 3.02. The van der Waals surface area contributed by atoms with Gasteiger partial charge in [-0.3, -0.25) is 14.7 Å². The van der Waals surface area contributed by atoms with E-state index in [1.165, 1.54) is 0 Å². The van der Waals surface area contributed by atoms with E-state index in [4.69, 9.17) is 23.8 Å². The van der Waals surface area contributed by atoms with Gasteiger partial charge in [0, 0.05) is 19.5 Å². The summed E-state index contributed by atoms with van der Waals surface area (Å²) >= 11 is 12.9. The maximum absolute atomic E-state index is 12.6. The van der Waals surface area contributed by atoms with Crippen molar-refractivity contribution in [2.24, 2.45) is 0 Å². The van der Waals surface area contributed by atoms with Crippen LogP contribution in [0.5, 0.6) is 0 Å². The second-order valence-electron chi connectivity index (χ2n) is 6.02. The molecule has 2 rings (SSSR count). The molecule has 1 heterocycles. The van der Waals surface area contributed by atoms with Crippen LogP contribution in [0.1, 0.15) is 29.5 Å². The quantitative estimate of drug-likeness (QED) is 0.493. The lowest BCUT2D eigenvalue weighted by molar-refractivity contribution is -0.123. The minimum absolute atomic E-state index is 0.230. The molecule has 152 valence electrons. The van der Waals surface area contributed by atoms with E-state index in [0.29, 0.717) is 41.3 Å². The average molecular weight is 442 g/mol. The fourth-order valence-corrected chi connectivity index (χ4v) is 3.65. The summed E-state index contributed by atoms with van der Waals surface area (Å²) in [5.74, 6) is 0.939. The Bertz CT molecular complexity index is 868. The molecule has 0 aliphatic carbocycles. The summed E-state index contributed by atoms with van der Waals surface area (Å²) in [6, 6.07) is 6.13. The fraction of sp³-hybridized carbons (Fsp3) is 0.444. The highest BCUT2D eigenvalue weighted by atomic mass is 35.5. The summed E-state index contributed by atoms with van der Waals surface area (Å²) in [4.78, 5) is 25.1. The van der Waals surface area contributed by atoms with Gasteiger partial charge >= 0.3 is 0 Å². The molecular weight excluding hydrogens is 418 g/mol. The van der Waals surface area contributed by atoms with Crippen molar-refractivity contribution in [3.05, 3.63) is 45.4 Å². The van der Waals surface area contributed by atoms with Gasteiger partial charge in [-0.05, 0) is 49.7 Å². The van der Waals surface area contributed by atoms with E-state index in [-0.39, 0.29) is 11.8 Å². The summed E-state index contributed by atoms with van der Waals surface area (Å²) in [7, 11) is 0. The van der Waals surface area contributed by atoms with Crippen molar-refractivity contribution in [1.29, 1.82) is 0 Å². The van der Waals surface area contributed by atoms with E-state index in [2.05, 4.69) is 20.8 Å². The Labute approximate surface area is 178 Å². The molecule has 3 N–H and O–H groups in total. The zero-order valence-electron chi connectivity index (χ0n) is 15.8. The van der Waals surface area contributed by atoms with Gasteiger partial charge in [0.05, 0.1) is 10.6 Å². The van der Waals surface area contributed by atoms with E-state index >= 15 is 0 Å². The van der Waals surface area contributed by atoms with Crippen molar-refractivity contribution in [1.82, 2.24) is 25.4 Å². The standard InChI is InChI=1S/C18H24ClN5O2S2/c1-3-24-15(22-23-18(24)27)8-10-20-17(26)14(9-11-28-2)21-16(25)12-6-4-5-7-13(12)19/h4-7,14H,3,8-11H2,1-2H3,(H,20,26)(H,21,25)(H,23,27). The Hall–Kier alpha value is -1.84. The van der Waals surface area contributed by atoms with Gasteiger partial charge in [0.15, 0.2) is 4.77 Å². The third-order valence-corrected chi connectivity index (χ3v) is 5.44. The first-order valence-corrected chi connectivity index (χ1v) is 11.1. The van der Waals surface area contributed by atoms with Crippen LogP contribution in [0.3, 0.4) is 0 Å². The Kier molecular flexibility index (Phi) is 9.01. The van der Waals surface area contributed by atoms with Crippen LogP contribution in [-0.2, 0) is 17.8 Å². The van der Waals surface area contributed by atoms with Crippen LogP contribution in [0, 0.1) is 4.77 Å². The number of aromatic amines is 1. The number of carbonyl (C=O) groups excluding carboxylic acids is 2. The monoisotopic (exact) mass is 441 g/mol. The van der Waals surface area contributed by atoms with Gasteiger partial charge in [-0.15, -0.1) is 0 Å². The van der Waals surface area contributed by atoms with E-state index in [1.807, 2.05) is 17.7 Å². The first-order valence-electron chi connectivity index (χ1n) is 8.94. The maximum atomic E-state index is 12.6. The number of rotatable bonds is 10. The number of H-pyrrole nitrogens is 1. The van der Waals surface area contributed by atoms with Crippen molar-refractivity contribution in [2.75, 3.05) is 18.6 Å². The molecule has 0 spiro atoms. The van der Waals surface area contributed by atoms with Gasteiger partial charge in [0.1, 0.15) is 11.9 Å². The normalized spacial score (nSPS) is 11.8. The SMILES string of the molecule is CCn1c(CCNC(=O)C(CCSC)NC(=O)c2ccccc2Cl)n[nH]c1=S. The van der Waals surface area contributed by atoms with Gasteiger partial charge in [-0.2, -0.15) is 16.9 Å². The Balaban J connectivity index is 1.97. The highest BCUT2D eigenvalue weighted by Crippen LogP contribution is 2.15. The van der Waals surface area contributed by atoms with Crippen LogP contribution >= 0.6 is 35.6 Å². The molecule has 7 nitrogen and oxygen atoms in total. The molecular formula is C18H24ClN5O2S2. The van der Waals surface area contributed by atoms with Crippen LogP contribution in [0.2, 0.25) is 5.02 Å². The van der Waals surface area contributed by atoms with E-state index in [1.54, 1.807) is 36.0 Å². The highest BCUT2D eigenvalue weighted by molar-refractivity contribution is 7.98. The second kappa shape index (κ2) is 11.2. The number of thioether (sulfide) groups is 1. The van der Waals surface area contributed by atoms with Crippen molar-refractivity contribution < 1.29 is 9.59 Å². The summed E-state index contributed by atoms with van der Waals surface area (Å²) in [5.41, 5.74) is 0.351. The van der Waals surface area contributed by atoms with Crippen LogP contribution < -0.4 is 10.6 Å². The minimum atomic E-state index is -0.636. The fourth-order valence-electron chi connectivity index (χ4n) is 2.67. The predicted molar refractivity (Wildman–Crippen MR) is 116 cm³/mol. The molecule has 0 aliphatic rings. The molecule has 1 unspecified atom stereocenters. The zero-order chi connectivity index (χ0) is 20.5. The van der Waals surface area contributed by atoms with Crippen molar-refractivity contribution in [3.63, 3.8) is 0 Å². The van der Waals surface area contributed by atoms with Crippen molar-refractivity contribution in [3.8, 4) is 0 Å². The topological polar surface area (TPSA) is 91.8 Å². The molecule has 0 bridgehead atoms. The summed E-state index contributed by atoms with van der Waals surface area (Å²) in [6.45, 7) is 3.09. The maximum Gasteiger partial charge on any atom is 0.253 e. The smallest absolute Gasteiger partial charge is 0.253 e. The highest BCUT2D eigenvalue weighted by Gasteiger charge is 2.22. The number of amides is 2. The molecule has 10 heteroatoms. The number of aromatic nitrogens is 3. The molecule has 0 saturated carbocycles. The van der Waals surface area contributed by atoms with Gasteiger partial charge < -0.3 is 15.2 Å². The van der Waals surface area contributed by atoms with Crippen LogP contribution in [0.25, 0.3) is 0 Å². The molecule has 1 aromatic carbocycles. The molecule has 0 aliphatic heterocycles. The number of hydrogen-bond donors (Lipinski definition) is 3. The van der Waals surface area contributed by atoms with E-state index in [9.17, 15) is 9.59 Å². The van der Waals surface area contributed by atoms with Crippen molar-refractivity contribution >= 4 is 47.4 Å². The molecule has 0 saturated heterocycles. The lowest BCUT2D eigenvalue weighted by Crippen LogP contribution is -2.47. The third kappa shape index (κ3) is 6.08. The largest absolute Gasteiger partial charge is 0.354 e. The van der Waals surface area contributed by atoms with Gasteiger partial charge in [0.25, 0.3) is 5.91 Å². The molecule has 2 aromatic rings. The average Bonchev–Trinajstić information content (AvgIpc) is 3.04. The number of nitrogens with zero attached hydrogens (tertiary/aromatic N) is 2. The molecule has 0 radical (unpaired) electrons. The number of hydrogen-bond acceptors (Lipinski definition) is 5. The Morgan fingerprint density at radius 2 is 2.14 bits per heavy atom.